The van der Waals surface area contributed by atoms with Gasteiger partial charge in [0.25, 0.3) is 0 Å². The first kappa shape index (κ1) is 64.3. The summed E-state index contributed by atoms with van der Waals surface area (Å²) in [6.45, 7) is 13.2. The Hall–Kier alpha value is -1.67. The summed E-state index contributed by atoms with van der Waals surface area (Å²) >= 11 is 0. The Kier molecular flexibility index (Phi) is 43.9. The quantitative estimate of drug-likeness (QED) is 0.0365. The molecule has 0 aliphatic carbocycles. The standard InChI is InChI=1S/C60H114O8/c1-7-13-19-25-28-34-40-44-51(43-37-31-22-16-10-4)58(62)66-49-54(61)56-57(68-60(64)53(47-39-33-24-18-12-6)48-42-36-30-27-21-15-9-3)55(50-65-56)67-59(63)52(45-38-32-23-17-11-5)46-41-35-29-26-20-14-8-2/h51-57,61H,7-50H2,1-6H3/t51?,52?,53?,54-,55+,56-,57-/m1/s1. The largest absolute Gasteiger partial charge is 0.463 e. The van der Waals surface area contributed by atoms with Crippen LogP contribution in [0.1, 0.15) is 311 Å². The lowest BCUT2D eigenvalue weighted by atomic mass is 9.93. The van der Waals surface area contributed by atoms with Crippen LogP contribution in [-0.2, 0) is 33.3 Å². The van der Waals surface area contributed by atoms with E-state index >= 15 is 0 Å². The Morgan fingerprint density at radius 1 is 0.397 bits per heavy atom. The van der Waals surface area contributed by atoms with Gasteiger partial charge >= 0.3 is 17.9 Å². The van der Waals surface area contributed by atoms with Crippen molar-refractivity contribution >= 4 is 17.9 Å². The summed E-state index contributed by atoms with van der Waals surface area (Å²) in [7, 11) is 0. The van der Waals surface area contributed by atoms with Crippen molar-refractivity contribution in [2.75, 3.05) is 13.2 Å². The number of aliphatic hydroxyl groups is 1. The van der Waals surface area contributed by atoms with E-state index in [-0.39, 0.29) is 48.9 Å². The van der Waals surface area contributed by atoms with Gasteiger partial charge in [0.05, 0.1) is 24.4 Å². The summed E-state index contributed by atoms with van der Waals surface area (Å²) < 4.78 is 25.0. The molecule has 1 rings (SSSR count). The molecule has 8 heteroatoms. The van der Waals surface area contributed by atoms with Gasteiger partial charge in [0.15, 0.2) is 12.2 Å². The summed E-state index contributed by atoms with van der Waals surface area (Å²) in [5, 5.41) is 11.8. The molecule has 1 fully saturated rings. The lowest BCUT2D eigenvalue weighted by molar-refractivity contribution is -0.176. The van der Waals surface area contributed by atoms with Gasteiger partial charge in [-0.05, 0) is 38.5 Å². The molecule has 1 heterocycles. The molecular weight excluding hydrogens is 849 g/mol. The monoisotopic (exact) mass is 963 g/mol. The van der Waals surface area contributed by atoms with Crippen molar-refractivity contribution in [2.24, 2.45) is 17.8 Å². The maximum absolute atomic E-state index is 14.4. The molecule has 0 bridgehead atoms. The van der Waals surface area contributed by atoms with Crippen LogP contribution in [0.5, 0.6) is 0 Å². The minimum absolute atomic E-state index is 0.0259. The summed E-state index contributed by atoms with van der Waals surface area (Å²) in [6.07, 6.45) is 42.4. The molecule has 7 atom stereocenters. The van der Waals surface area contributed by atoms with Crippen LogP contribution in [0.2, 0.25) is 0 Å². The lowest BCUT2D eigenvalue weighted by Gasteiger charge is -2.29. The predicted molar refractivity (Wildman–Crippen MR) is 285 cm³/mol. The second-order valence-corrected chi connectivity index (χ2v) is 21.3. The number of carbonyl (C=O) groups is 3. The molecule has 402 valence electrons. The average Bonchev–Trinajstić information content (AvgIpc) is 3.73. The number of hydrogen-bond donors (Lipinski definition) is 1. The summed E-state index contributed by atoms with van der Waals surface area (Å²) in [5.74, 6) is -1.48. The highest BCUT2D eigenvalue weighted by molar-refractivity contribution is 5.74. The minimum Gasteiger partial charge on any atom is -0.463 e. The third-order valence-electron chi connectivity index (χ3n) is 14.9. The second-order valence-electron chi connectivity index (χ2n) is 21.3. The molecule has 0 aromatic carbocycles. The van der Waals surface area contributed by atoms with Crippen molar-refractivity contribution in [1.29, 1.82) is 0 Å². The number of esters is 3. The summed E-state index contributed by atoms with van der Waals surface area (Å²) in [6, 6.07) is 0. The van der Waals surface area contributed by atoms with E-state index < -0.39 is 24.4 Å². The van der Waals surface area contributed by atoms with Gasteiger partial charge in [-0.25, -0.2) is 0 Å². The van der Waals surface area contributed by atoms with Crippen LogP contribution in [0.15, 0.2) is 0 Å². The minimum atomic E-state index is -1.23. The first-order valence-corrected chi connectivity index (χ1v) is 30.1. The maximum Gasteiger partial charge on any atom is 0.309 e. The third-order valence-corrected chi connectivity index (χ3v) is 14.9. The SMILES string of the molecule is CCCCCCCCCC(CCCCCCC)C(=O)OC[C@@H](O)[C@H]1OC[C@H](OC(=O)C(CCCCCCC)CCCCCCCCC)[C@H]1OC(=O)C(CCCCCCC)CCCCCCCCC. The van der Waals surface area contributed by atoms with Crippen molar-refractivity contribution in [3.8, 4) is 0 Å². The van der Waals surface area contributed by atoms with Crippen LogP contribution in [0.25, 0.3) is 0 Å². The number of hydrogen-bond acceptors (Lipinski definition) is 8. The Bertz CT molecular complexity index is 1140. The average molecular weight is 964 g/mol. The Morgan fingerprint density at radius 2 is 0.662 bits per heavy atom. The Labute approximate surface area is 421 Å². The molecular formula is C60H114O8. The number of rotatable bonds is 50. The van der Waals surface area contributed by atoms with E-state index in [1.165, 1.54) is 148 Å². The highest BCUT2D eigenvalue weighted by atomic mass is 16.6. The predicted octanol–water partition coefficient (Wildman–Crippen LogP) is 17.5. The van der Waals surface area contributed by atoms with E-state index in [9.17, 15) is 19.5 Å². The maximum atomic E-state index is 14.4. The third kappa shape index (κ3) is 33.1. The van der Waals surface area contributed by atoms with Crippen LogP contribution in [0.4, 0.5) is 0 Å². The fraction of sp³-hybridized carbons (Fsp3) is 0.950. The number of aliphatic hydroxyl groups excluding tert-OH is 1. The van der Waals surface area contributed by atoms with Crippen molar-refractivity contribution in [3.63, 3.8) is 0 Å². The van der Waals surface area contributed by atoms with Crippen LogP contribution in [-0.4, -0.2) is 60.6 Å². The summed E-state index contributed by atoms with van der Waals surface area (Å²) in [5.41, 5.74) is 0. The van der Waals surface area contributed by atoms with Gasteiger partial charge in [-0.15, -0.1) is 0 Å². The van der Waals surface area contributed by atoms with Gasteiger partial charge in [0.2, 0.25) is 0 Å². The second kappa shape index (κ2) is 46.4. The lowest BCUT2D eigenvalue weighted by Crippen LogP contribution is -2.46. The van der Waals surface area contributed by atoms with Gasteiger partial charge in [0.1, 0.15) is 18.8 Å². The van der Waals surface area contributed by atoms with Crippen LogP contribution in [0.3, 0.4) is 0 Å². The van der Waals surface area contributed by atoms with E-state index in [1.807, 2.05) is 0 Å². The molecule has 68 heavy (non-hydrogen) atoms. The molecule has 0 amide bonds. The molecule has 3 unspecified atom stereocenters. The first-order valence-electron chi connectivity index (χ1n) is 30.1. The molecule has 8 nitrogen and oxygen atoms in total. The van der Waals surface area contributed by atoms with E-state index in [1.54, 1.807) is 0 Å². The molecule has 1 saturated heterocycles. The van der Waals surface area contributed by atoms with Crippen LogP contribution >= 0.6 is 0 Å². The van der Waals surface area contributed by atoms with E-state index in [0.717, 1.165) is 122 Å². The number of ether oxygens (including phenoxy) is 4. The Balaban J connectivity index is 3.27. The van der Waals surface area contributed by atoms with Crippen molar-refractivity contribution in [1.82, 2.24) is 0 Å². The van der Waals surface area contributed by atoms with Crippen LogP contribution < -0.4 is 0 Å². The van der Waals surface area contributed by atoms with Gasteiger partial charge in [0, 0.05) is 0 Å². The smallest absolute Gasteiger partial charge is 0.309 e. The molecule has 1 aliphatic rings. The van der Waals surface area contributed by atoms with Crippen molar-refractivity contribution in [2.45, 2.75) is 336 Å². The zero-order valence-corrected chi connectivity index (χ0v) is 46.0. The molecule has 1 aliphatic heterocycles. The van der Waals surface area contributed by atoms with Gasteiger partial charge in [-0.2, -0.15) is 0 Å². The molecule has 0 radical (unpaired) electrons. The van der Waals surface area contributed by atoms with Crippen molar-refractivity contribution in [3.05, 3.63) is 0 Å². The summed E-state index contributed by atoms with van der Waals surface area (Å²) in [4.78, 5) is 42.4. The normalized spacial score (nSPS) is 17.8. The highest BCUT2D eigenvalue weighted by Gasteiger charge is 2.47. The fourth-order valence-corrected chi connectivity index (χ4v) is 10.2. The molecule has 0 aromatic heterocycles. The molecule has 1 N–H and O–H groups in total. The van der Waals surface area contributed by atoms with Gasteiger partial charge in [-0.3, -0.25) is 14.4 Å². The van der Waals surface area contributed by atoms with E-state index in [4.69, 9.17) is 18.9 Å². The number of unbranched alkanes of at least 4 members (excludes halogenated alkanes) is 30. The first-order chi connectivity index (χ1) is 33.3. The fourth-order valence-electron chi connectivity index (χ4n) is 10.2. The van der Waals surface area contributed by atoms with Gasteiger partial charge < -0.3 is 24.1 Å². The Morgan fingerprint density at radius 3 is 0.971 bits per heavy atom. The number of carbonyl (C=O) groups excluding carboxylic acids is 3. The van der Waals surface area contributed by atoms with E-state index in [2.05, 4.69) is 41.5 Å². The van der Waals surface area contributed by atoms with Crippen molar-refractivity contribution < 1.29 is 38.4 Å². The topological polar surface area (TPSA) is 108 Å². The zero-order valence-electron chi connectivity index (χ0n) is 46.0. The molecule has 0 aromatic rings. The molecule has 0 spiro atoms. The molecule has 0 saturated carbocycles. The van der Waals surface area contributed by atoms with Gasteiger partial charge in [-0.1, -0.05) is 273 Å². The van der Waals surface area contributed by atoms with E-state index in [0.29, 0.717) is 0 Å². The zero-order chi connectivity index (χ0) is 49.7. The highest BCUT2D eigenvalue weighted by Crippen LogP contribution is 2.31. The van der Waals surface area contributed by atoms with Crippen LogP contribution in [0, 0.1) is 17.8 Å².